The van der Waals surface area contributed by atoms with Crippen molar-refractivity contribution in [3.05, 3.63) is 40.7 Å². The normalized spacial score (nSPS) is 21.1. The number of hydrogen-bond donors (Lipinski definition) is 1. The van der Waals surface area contributed by atoms with Gasteiger partial charge in [-0.3, -0.25) is 0 Å². The first kappa shape index (κ1) is 16.7. The van der Waals surface area contributed by atoms with Crippen LogP contribution in [0.4, 0.5) is 5.69 Å². The van der Waals surface area contributed by atoms with Crippen molar-refractivity contribution in [3.8, 4) is 6.07 Å². The summed E-state index contributed by atoms with van der Waals surface area (Å²) in [5.41, 5.74) is 0.910. The number of aromatic nitrogens is 3. The molecule has 2 aromatic rings. The number of nitriles is 1. The van der Waals surface area contributed by atoms with Gasteiger partial charge in [0.1, 0.15) is 17.4 Å². The standard InChI is InChI=1S/C17H20ClN5O/c1-12(2)23-10-16(20-21-23)17(24)6-3-7-22(11-17)14-5-4-13(9-19)15(18)8-14/h4-5,8,10,12,24H,3,6-7,11H2,1-2H3/t17-/m0/s1. The summed E-state index contributed by atoms with van der Waals surface area (Å²) in [5, 5.41) is 28.8. The Kier molecular flexibility index (Phi) is 4.48. The van der Waals surface area contributed by atoms with Gasteiger partial charge in [-0.2, -0.15) is 5.26 Å². The average Bonchev–Trinajstić information content (AvgIpc) is 3.06. The summed E-state index contributed by atoms with van der Waals surface area (Å²) in [6.07, 6.45) is 3.30. The van der Waals surface area contributed by atoms with Crippen molar-refractivity contribution < 1.29 is 5.11 Å². The molecular weight excluding hydrogens is 326 g/mol. The lowest BCUT2D eigenvalue weighted by Crippen LogP contribution is -2.46. The molecule has 2 heterocycles. The third-order valence-electron chi connectivity index (χ3n) is 4.43. The van der Waals surface area contributed by atoms with E-state index in [1.807, 2.05) is 26.1 Å². The number of anilines is 1. The monoisotopic (exact) mass is 345 g/mol. The minimum absolute atomic E-state index is 0.201. The van der Waals surface area contributed by atoms with Crippen LogP contribution in [0.2, 0.25) is 5.02 Å². The molecule has 126 valence electrons. The van der Waals surface area contributed by atoms with Crippen molar-refractivity contribution in [1.82, 2.24) is 15.0 Å². The molecule has 1 saturated heterocycles. The topological polar surface area (TPSA) is 78.0 Å². The molecule has 1 aliphatic heterocycles. The van der Waals surface area contributed by atoms with Crippen molar-refractivity contribution in [1.29, 1.82) is 5.26 Å². The number of halogens is 1. The molecule has 1 atom stereocenters. The predicted octanol–water partition coefficient (Wildman–Crippen LogP) is 2.87. The molecule has 0 aliphatic carbocycles. The summed E-state index contributed by atoms with van der Waals surface area (Å²) in [6, 6.07) is 7.61. The molecule has 1 aliphatic rings. The van der Waals surface area contributed by atoms with Crippen LogP contribution in [0.3, 0.4) is 0 Å². The van der Waals surface area contributed by atoms with Gasteiger partial charge in [0.25, 0.3) is 0 Å². The van der Waals surface area contributed by atoms with Gasteiger partial charge in [0.15, 0.2) is 0 Å². The van der Waals surface area contributed by atoms with Crippen molar-refractivity contribution in [2.45, 2.75) is 38.3 Å². The Balaban J connectivity index is 1.85. The molecule has 0 amide bonds. The van der Waals surface area contributed by atoms with E-state index in [1.54, 1.807) is 16.8 Å². The lowest BCUT2D eigenvalue weighted by molar-refractivity contribution is 0.0176. The van der Waals surface area contributed by atoms with Crippen LogP contribution in [0.5, 0.6) is 0 Å². The number of nitrogens with zero attached hydrogens (tertiary/aromatic N) is 5. The zero-order valence-electron chi connectivity index (χ0n) is 13.8. The molecule has 24 heavy (non-hydrogen) atoms. The van der Waals surface area contributed by atoms with Gasteiger partial charge in [0, 0.05) is 18.3 Å². The van der Waals surface area contributed by atoms with E-state index in [2.05, 4.69) is 21.3 Å². The molecule has 1 N–H and O–H groups in total. The second-order valence-electron chi connectivity index (χ2n) is 6.51. The number of β-amino-alcohol motifs (C(OH)–C–C–N with tert-alkyl or cyclic N) is 1. The Bertz CT molecular complexity index is 782. The second kappa shape index (κ2) is 6.42. The zero-order valence-corrected chi connectivity index (χ0v) is 14.5. The van der Waals surface area contributed by atoms with Crippen molar-refractivity contribution >= 4 is 17.3 Å². The van der Waals surface area contributed by atoms with Gasteiger partial charge in [-0.15, -0.1) is 5.10 Å². The first-order valence-corrected chi connectivity index (χ1v) is 8.40. The highest BCUT2D eigenvalue weighted by atomic mass is 35.5. The number of benzene rings is 1. The first-order chi connectivity index (χ1) is 11.4. The number of rotatable bonds is 3. The van der Waals surface area contributed by atoms with Crippen LogP contribution in [0.25, 0.3) is 0 Å². The summed E-state index contributed by atoms with van der Waals surface area (Å²) in [4.78, 5) is 2.07. The van der Waals surface area contributed by atoms with Crippen molar-refractivity contribution in [2.24, 2.45) is 0 Å². The van der Waals surface area contributed by atoms with E-state index < -0.39 is 5.60 Å². The summed E-state index contributed by atoms with van der Waals surface area (Å²) >= 11 is 6.14. The second-order valence-corrected chi connectivity index (χ2v) is 6.92. The molecular formula is C17H20ClN5O. The minimum Gasteiger partial charge on any atom is -0.382 e. The number of piperidine rings is 1. The van der Waals surface area contributed by atoms with Crippen LogP contribution in [0.1, 0.15) is 44.0 Å². The SMILES string of the molecule is CC(C)n1cc([C@]2(O)CCCN(c3ccc(C#N)c(Cl)c3)C2)nn1. The Morgan fingerprint density at radius 1 is 1.42 bits per heavy atom. The Morgan fingerprint density at radius 3 is 2.83 bits per heavy atom. The Hall–Kier alpha value is -2.10. The van der Waals surface area contributed by atoms with E-state index in [9.17, 15) is 5.11 Å². The minimum atomic E-state index is -1.04. The van der Waals surface area contributed by atoms with Crippen LogP contribution in [0, 0.1) is 11.3 Å². The van der Waals surface area contributed by atoms with E-state index in [1.165, 1.54) is 0 Å². The summed E-state index contributed by atoms with van der Waals surface area (Å²) < 4.78 is 1.75. The predicted molar refractivity (Wildman–Crippen MR) is 91.9 cm³/mol. The fraction of sp³-hybridized carbons (Fsp3) is 0.471. The van der Waals surface area contributed by atoms with Crippen molar-refractivity contribution in [3.63, 3.8) is 0 Å². The maximum absolute atomic E-state index is 11.1. The molecule has 1 aromatic carbocycles. The fourth-order valence-electron chi connectivity index (χ4n) is 3.00. The lowest BCUT2D eigenvalue weighted by Gasteiger charge is -2.39. The van der Waals surface area contributed by atoms with E-state index in [0.29, 0.717) is 29.2 Å². The third-order valence-corrected chi connectivity index (χ3v) is 4.74. The molecule has 0 unspecified atom stereocenters. The van der Waals surface area contributed by atoms with Crippen LogP contribution in [-0.2, 0) is 5.60 Å². The van der Waals surface area contributed by atoms with Gasteiger partial charge >= 0.3 is 0 Å². The summed E-state index contributed by atoms with van der Waals surface area (Å²) in [7, 11) is 0. The van der Waals surface area contributed by atoms with Gasteiger partial charge in [0.05, 0.1) is 23.3 Å². The molecule has 3 rings (SSSR count). The average molecular weight is 346 g/mol. The molecule has 1 aromatic heterocycles. The van der Waals surface area contributed by atoms with Gasteiger partial charge in [0.2, 0.25) is 0 Å². The van der Waals surface area contributed by atoms with Gasteiger partial charge < -0.3 is 10.0 Å². The van der Waals surface area contributed by atoms with Crippen LogP contribution in [0.15, 0.2) is 24.4 Å². The Labute approximate surface area is 146 Å². The van der Waals surface area contributed by atoms with Crippen LogP contribution >= 0.6 is 11.6 Å². The largest absolute Gasteiger partial charge is 0.382 e. The maximum atomic E-state index is 11.1. The highest BCUT2D eigenvalue weighted by molar-refractivity contribution is 6.32. The van der Waals surface area contributed by atoms with Gasteiger partial charge in [-0.05, 0) is 44.9 Å². The fourth-order valence-corrected chi connectivity index (χ4v) is 3.22. The van der Waals surface area contributed by atoms with E-state index >= 15 is 0 Å². The van der Waals surface area contributed by atoms with E-state index in [-0.39, 0.29) is 6.04 Å². The molecule has 0 saturated carbocycles. The summed E-state index contributed by atoms with van der Waals surface area (Å²) in [6.45, 7) is 5.29. The number of hydrogen-bond acceptors (Lipinski definition) is 5. The molecule has 0 bridgehead atoms. The molecule has 1 fully saturated rings. The quantitative estimate of drug-likeness (QED) is 0.925. The van der Waals surface area contributed by atoms with E-state index in [4.69, 9.17) is 16.9 Å². The highest BCUT2D eigenvalue weighted by Gasteiger charge is 2.38. The van der Waals surface area contributed by atoms with Gasteiger partial charge in [-0.25, -0.2) is 4.68 Å². The van der Waals surface area contributed by atoms with Crippen LogP contribution < -0.4 is 4.90 Å². The van der Waals surface area contributed by atoms with Gasteiger partial charge in [-0.1, -0.05) is 16.8 Å². The maximum Gasteiger partial charge on any atom is 0.127 e. The van der Waals surface area contributed by atoms with Crippen LogP contribution in [-0.4, -0.2) is 33.2 Å². The smallest absolute Gasteiger partial charge is 0.127 e. The highest BCUT2D eigenvalue weighted by Crippen LogP contribution is 2.34. The third kappa shape index (κ3) is 3.10. The molecule has 7 heteroatoms. The number of aliphatic hydroxyl groups is 1. The molecule has 6 nitrogen and oxygen atoms in total. The van der Waals surface area contributed by atoms with Crippen molar-refractivity contribution in [2.75, 3.05) is 18.0 Å². The zero-order chi connectivity index (χ0) is 17.3. The first-order valence-electron chi connectivity index (χ1n) is 8.02. The summed E-state index contributed by atoms with van der Waals surface area (Å²) in [5.74, 6) is 0. The molecule has 0 radical (unpaired) electrons. The van der Waals surface area contributed by atoms with E-state index in [0.717, 1.165) is 18.7 Å². The lowest BCUT2D eigenvalue weighted by atomic mass is 9.89. The molecule has 0 spiro atoms. The Morgan fingerprint density at radius 2 is 2.21 bits per heavy atom.